The largest absolute Gasteiger partial charge is 0.382 e. The van der Waals surface area contributed by atoms with E-state index >= 15 is 0 Å². The zero-order chi connectivity index (χ0) is 12.0. The lowest BCUT2D eigenvalue weighted by atomic mass is 10.3. The molecule has 1 aromatic carbocycles. The van der Waals surface area contributed by atoms with Gasteiger partial charge >= 0.3 is 10.1 Å². The molecule has 0 aliphatic heterocycles. The average molecular weight is 258 g/mol. The van der Waals surface area contributed by atoms with Crippen molar-refractivity contribution in [2.75, 3.05) is 11.7 Å². The number of benzene rings is 1. The minimum Gasteiger partial charge on any atom is -0.382 e. The second-order valence-electron chi connectivity index (χ2n) is 3.02. The van der Waals surface area contributed by atoms with Gasteiger partial charge in [-0.05, 0) is 12.1 Å². The Morgan fingerprint density at radius 1 is 1.31 bits per heavy atom. The van der Waals surface area contributed by atoms with Crippen LogP contribution in [0.4, 0.5) is 0 Å². The molecule has 16 heavy (non-hydrogen) atoms. The summed E-state index contributed by atoms with van der Waals surface area (Å²) in [5.74, 6) is 2.37. The van der Waals surface area contributed by atoms with E-state index in [1.54, 1.807) is 18.2 Å². The van der Waals surface area contributed by atoms with Crippen molar-refractivity contribution < 1.29 is 17.2 Å². The molecule has 0 aromatic heterocycles. The first-order valence-corrected chi connectivity index (χ1v) is 7.86. The van der Waals surface area contributed by atoms with Gasteiger partial charge in [-0.2, -0.15) is 8.42 Å². The summed E-state index contributed by atoms with van der Waals surface area (Å²) in [5.41, 5.74) is -0.517. The van der Waals surface area contributed by atoms with Gasteiger partial charge in [0, 0.05) is 0 Å². The van der Waals surface area contributed by atoms with Crippen molar-refractivity contribution in [3.63, 3.8) is 0 Å². The van der Waals surface area contributed by atoms with Crippen LogP contribution in [0.2, 0.25) is 0 Å². The van der Waals surface area contributed by atoms with Crippen LogP contribution >= 0.6 is 7.80 Å². The first kappa shape index (κ1) is 12.8. The Kier molecular flexibility index (Phi) is 4.60. The lowest BCUT2D eigenvalue weighted by molar-refractivity contribution is 0.490. The number of hydrogen-bond donors (Lipinski definition) is 0. The van der Waals surface area contributed by atoms with Crippen molar-refractivity contribution in [1.29, 1.82) is 0 Å². The molecule has 1 rings (SSSR count). The molecular formula is C10H11O4PS. The molecule has 6 heteroatoms. The second-order valence-corrected chi connectivity index (χ2v) is 6.89. The molecule has 0 spiro atoms. The molecule has 0 radical (unpaired) electrons. The van der Waals surface area contributed by atoms with Crippen molar-refractivity contribution in [2.45, 2.75) is 0 Å². The van der Waals surface area contributed by atoms with Crippen LogP contribution in [0.15, 0.2) is 30.3 Å². The molecule has 0 saturated heterocycles. The fourth-order valence-electron chi connectivity index (χ4n) is 1.01. The van der Waals surface area contributed by atoms with Gasteiger partial charge in [-0.3, -0.25) is 0 Å². The van der Waals surface area contributed by atoms with E-state index in [4.69, 9.17) is 10.6 Å². The SMILES string of the molecule is C#CC[PH](=O)CS(=O)(=O)Oc1ccccc1. The van der Waals surface area contributed by atoms with Crippen LogP contribution in [-0.2, 0) is 14.7 Å². The standard InChI is InChI=1S/C10H11O4PS/c1-2-8-15(11)9-16(12,13)14-10-6-4-3-5-7-10/h1,3-7,15H,8-9H2. The highest BCUT2D eigenvalue weighted by Gasteiger charge is 2.16. The first-order chi connectivity index (χ1) is 7.53. The topological polar surface area (TPSA) is 60.4 Å². The van der Waals surface area contributed by atoms with E-state index in [2.05, 4.69) is 5.92 Å². The highest BCUT2D eigenvalue weighted by atomic mass is 32.2. The van der Waals surface area contributed by atoms with E-state index in [0.717, 1.165) is 0 Å². The Labute approximate surface area is 95.5 Å². The maximum absolute atomic E-state index is 11.4. The van der Waals surface area contributed by atoms with Crippen molar-refractivity contribution in [2.24, 2.45) is 0 Å². The predicted octanol–water partition coefficient (Wildman–Crippen LogP) is 1.55. The number of rotatable bonds is 5. The summed E-state index contributed by atoms with van der Waals surface area (Å²) in [6, 6.07) is 8.05. The summed E-state index contributed by atoms with van der Waals surface area (Å²) < 4.78 is 38.8. The summed E-state index contributed by atoms with van der Waals surface area (Å²) in [4.78, 5) is 0. The molecular weight excluding hydrogens is 247 g/mol. The molecule has 1 atom stereocenters. The normalized spacial score (nSPS) is 12.7. The molecule has 4 nitrogen and oxygen atoms in total. The van der Waals surface area contributed by atoms with Crippen LogP contribution in [0, 0.1) is 12.3 Å². The lowest BCUT2D eigenvalue weighted by Crippen LogP contribution is -2.11. The summed E-state index contributed by atoms with van der Waals surface area (Å²) >= 11 is 0. The maximum atomic E-state index is 11.4. The Morgan fingerprint density at radius 2 is 1.94 bits per heavy atom. The monoisotopic (exact) mass is 258 g/mol. The van der Waals surface area contributed by atoms with Gasteiger partial charge in [0.25, 0.3) is 0 Å². The van der Waals surface area contributed by atoms with Crippen molar-refractivity contribution in [3.05, 3.63) is 30.3 Å². The molecule has 1 unspecified atom stereocenters. The summed E-state index contributed by atoms with van der Waals surface area (Å²) in [6.45, 7) is 0. The Morgan fingerprint density at radius 3 is 2.50 bits per heavy atom. The van der Waals surface area contributed by atoms with Gasteiger partial charge in [0.2, 0.25) is 0 Å². The molecule has 0 heterocycles. The number of hydrogen-bond acceptors (Lipinski definition) is 4. The summed E-state index contributed by atoms with van der Waals surface area (Å²) in [6.07, 6.45) is 4.91. The van der Waals surface area contributed by atoms with Crippen LogP contribution < -0.4 is 4.18 Å². The molecule has 1 aromatic rings. The molecule has 0 amide bonds. The minimum atomic E-state index is -3.82. The highest BCUT2D eigenvalue weighted by molar-refractivity contribution is 7.92. The van der Waals surface area contributed by atoms with E-state index in [-0.39, 0.29) is 11.9 Å². The second kappa shape index (κ2) is 5.74. The zero-order valence-electron chi connectivity index (χ0n) is 8.42. The van der Waals surface area contributed by atoms with E-state index in [1.807, 2.05) is 0 Å². The average Bonchev–Trinajstić information content (AvgIpc) is 2.17. The first-order valence-electron chi connectivity index (χ1n) is 4.46. The number of terminal acetylenes is 1. The molecule has 0 fully saturated rings. The molecule has 0 aliphatic carbocycles. The third-order valence-electron chi connectivity index (χ3n) is 1.60. The van der Waals surface area contributed by atoms with Gasteiger partial charge in [-0.1, -0.05) is 24.1 Å². The molecule has 0 bridgehead atoms. The Balaban J connectivity index is 2.67. The third kappa shape index (κ3) is 4.52. The maximum Gasteiger partial charge on any atom is 0.316 e. The molecule has 0 N–H and O–H groups in total. The predicted molar refractivity (Wildman–Crippen MR) is 63.6 cm³/mol. The smallest absolute Gasteiger partial charge is 0.316 e. The quantitative estimate of drug-likeness (QED) is 0.456. The Bertz CT molecular complexity index is 501. The van der Waals surface area contributed by atoms with E-state index in [0.29, 0.717) is 0 Å². The van der Waals surface area contributed by atoms with Gasteiger partial charge in [0.05, 0.1) is 6.16 Å². The van der Waals surface area contributed by atoms with Crippen molar-refractivity contribution in [1.82, 2.24) is 0 Å². The van der Waals surface area contributed by atoms with Gasteiger partial charge in [0.1, 0.15) is 19.0 Å². The van der Waals surface area contributed by atoms with Crippen LogP contribution in [-0.4, -0.2) is 20.1 Å². The van der Waals surface area contributed by atoms with E-state index in [1.165, 1.54) is 12.1 Å². The Hall–Kier alpha value is -1.24. The lowest BCUT2D eigenvalue weighted by Gasteiger charge is -2.05. The zero-order valence-corrected chi connectivity index (χ0v) is 10.2. The molecule has 0 saturated carbocycles. The van der Waals surface area contributed by atoms with Crippen LogP contribution in [0.1, 0.15) is 0 Å². The van der Waals surface area contributed by atoms with Crippen LogP contribution in [0.3, 0.4) is 0 Å². The van der Waals surface area contributed by atoms with Gasteiger partial charge in [0.15, 0.2) is 0 Å². The fourth-order valence-corrected chi connectivity index (χ4v) is 3.87. The van der Waals surface area contributed by atoms with E-state index in [9.17, 15) is 13.0 Å². The molecule has 0 aliphatic rings. The van der Waals surface area contributed by atoms with Gasteiger partial charge in [-0.15, -0.1) is 6.42 Å². The third-order valence-corrected chi connectivity index (χ3v) is 5.35. The van der Waals surface area contributed by atoms with Crippen molar-refractivity contribution in [3.8, 4) is 18.1 Å². The van der Waals surface area contributed by atoms with Crippen molar-refractivity contribution >= 4 is 17.9 Å². The van der Waals surface area contributed by atoms with E-state index < -0.39 is 23.4 Å². The summed E-state index contributed by atoms with van der Waals surface area (Å²) in [5, 5.41) is 0. The fraction of sp³-hybridized carbons (Fsp3) is 0.200. The minimum absolute atomic E-state index is 0.0257. The number of para-hydroxylation sites is 1. The van der Waals surface area contributed by atoms with Crippen LogP contribution in [0.25, 0.3) is 0 Å². The van der Waals surface area contributed by atoms with Crippen LogP contribution in [0.5, 0.6) is 5.75 Å². The molecule has 86 valence electrons. The van der Waals surface area contributed by atoms with Gasteiger partial charge in [-0.25, -0.2) is 0 Å². The highest BCUT2D eigenvalue weighted by Crippen LogP contribution is 2.23. The summed E-state index contributed by atoms with van der Waals surface area (Å²) in [7, 11) is -6.13. The van der Waals surface area contributed by atoms with Gasteiger partial charge < -0.3 is 8.75 Å².